The second-order valence-electron chi connectivity index (χ2n) is 5.38. The first-order valence-electron chi connectivity index (χ1n) is 6.93. The van der Waals surface area contributed by atoms with Crippen molar-refractivity contribution in [3.63, 3.8) is 0 Å². The van der Waals surface area contributed by atoms with E-state index >= 15 is 0 Å². The molecule has 1 fully saturated rings. The van der Waals surface area contributed by atoms with E-state index < -0.39 is 0 Å². The van der Waals surface area contributed by atoms with Gasteiger partial charge in [0, 0.05) is 26.2 Å². The zero-order chi connectivity index (χ0) is 11.5. The fourth-order valence-electron chi connectivity index (χ4n) is 3.03. The normalized spacial score (nSPS) is 19.4. The SMILES string of the molecule is Cl.Cl.c1ccc2c(c1)CN(CCN1CCCCC1)C2. The Labute approximate surface area is 129 Å². The highest BCUT2D eigenvalue weighted by Gasteiger charge is 2.19. The van der Waals surface area contributed by atoms with Crippen molar-refractivity contribution in [2.24, 2.45) is 0 Å². The van der Waals surface area contributed by atoms with Crippen LogP contribution in [0.15, 0.2) is 24.3 Å². The van der Waals surface area contributed by atoms with Crippen molar-refractivity contribution in [1.82, 2.24) is 9.80 Å². The molecule has 1 aromatic rings. The molecule has 2 nitrogen and oxygen atoms in total. The van der Waals surface area contributed by atoms with Crippen LogP contribution < -0.4 is 0 Å². The number of hydrogen-bond donors (Lipinski definition) is 0. The van der Waals surface area contributed by atoms with Crippen LogP contribution in [0.4, 0.5) is 0 Å². The van der Waals surface area contributed by atoms with Crippen LogP contribution in [0.3, 0.4) is 0 Å². The molecular formula is C15H24Cl2N2. The Kier molecular flexibility index (Phi) is 7.16. The van der Waals surface area contributed by atoms with E-state index in [2.05, 4.69) is 34.1 Å². The molecule has 0 unspecified atom stereocenters. The lowest BCUT2D eigenvalue weighted by atomic mass is 10.1. The molecular weight excluding hydrogens is 279 g/mol. The summed E-state index contributed by atoms with van der Waals surface area (Å²) in [6.07, 6.45) is 4.24. The van der Waals surface area contributed by atoms with Crippen LogP contribution in [0.1, 0.15) is 30.4 Å². The lowest BCUT2D eigenvalue weighted by Gasteiger charge is -2.28. The highest BCUT2D eigenvalue weighted by Crippen LogP contribution is 2.21. The van der Waals surface area contributed by atoms with Crippen molar-refractivity contribution < 1.29 is 0 Å². The summed E-state index contributed by atoms with van der Waals surface area (Å²) >= 11 is 0. The number of rotatable bonds is 3. The predicted octanol–water partition coefficient (Wildman–Crippen LogP) is 3.33. The van der Waals surface area contributed by atoms with Crippen molar-refractivity contribution in [1.29, 1.82) is 0 Å². The maximum atomic E-state index is 2.63. The molecule has 1 aromatic carbocycles. The molecule has 19 heavy (non-hydrogen) atoms. The third-order valence-corrected chi connectivity index (χ3v) is 4.09. The van der Waals surface area contributed by atoms with E-state index in [4.69, 9.17) is 0 Å². The molecule has 1 saturated heterocycles. The molecule has 2 aliphatic rings. The van der Waals surface area contributed by atoms with Crippen molar-refractivity contribution in [2.45, 2.75) is 32.4 Å². The highest BCUT2D eigenvalue weighted by molar-refractivity contribution is 5.85. The standard InChI is InChI=1S/C15H22N2.2ClH/c1-4-8-16(9-5-1)10-11-17-12-14-6-2-3-7-15(14)13-17;;/h2-3,6-7H,1,4-5,8-13H2;2*1H. The average Bonchev–Trinajstić information content (AvgIpc) is 2.80. The predicted molar refractivity (Wildman–Crippen MR) is 85.3 cm³/mol. The molecule has 0 spiro atoms. The van der Waals surface area contributed by atoms with E-state index in [1.165, 1.54) is 56.6 Å². The van der Waals surface area contributed by atoms with E-state index in [0.717, 1.165) is 13.1 Å². The van der Waals surface area contributed by atoms with Gasteiger partial charge in [0.25, 0.3) is 0 Å². The van der Waals surface area contributed by atoms with Gasteiger partial charge in [-0.05, 0) is 37.1 Å². The van der Waals surface area contributed by atoms with Crippen LogP contribution in [-0.4, -0.2) is 36.0 Å². The number of fused-ring (bicyclic) bond motifs is 1. The first-order valence-corrected chi connectivity index (χ1v) is 6.93. The second-order valence-corrected chi connectivity index (χ2v) is 5.38. The Hall–Kier alpha value is -0.280. The van der Waals surface area contributed by atoms with E-state index in [9.17, 15) is 0 Å². The largest absolute Gasteiger partial charge is 0.302 e. The van der Waals surface area contributed by atoms with Gasteiger partial charge in [0.2, 0.25) is 0 Å². The van der Waals surface area contributed by atoms with Crippen LogP contribution in [0.5, 0.6) is 0 Å². The molecule has 2 heterocycles. The molecule has 0 bridgehead atoms. The number of benzene rings is 1. The van der Waals surface area contributed by atoms with Gasteiger partial charge in [0.1, 0.15) is 0 Å². The molecule has 0 amide bonds. The minimum atomic E-state index is 0. The third kappa shape index (κ3) is 4.35. The fourth-order valence-corrected chi connectivity index (χ4v) is 3.03. The van der Waals surface area contributed by atoms with Crippen LogP contribution in [0.2, 0.25) is 0 Å². The third-order valence-electron chi connectivity index (χ3n) is 4.09. The Bertz CT molecular complexity index is 353. The van der Waals surface area contributed by atoms with Crippen LogP contribution in [0, 0.1) is 0 Å². The van der Waals surface area contributed by atoms with Crippen LogP contribution in [-0.2, 0) is 13.1 Å². The minimum Gasteiger partial charge on any atom is -0.302 e. The zero-order valence-electron chi connectivity index (χ0n) is 11.4. The highest BCUT2D eigenvalue weighted by atomic mass is 35.5. The Morgan fingerprint density at radius 1 is 0.737 bits per heavy atom. The van der Waals surface area contributed by atoms with Gasteiger partial charge in [0.15, 0.2) is 0 Å². The van der Waals surface area contributed by atoms with Gasteiger partial charge in [-0.3, -0.25) is 4.90 Å². The quantitative estimate of drug-likeness (QED) is 0.845. The summed E-state index contributed by atoms with van der Waals surface area (Å²) in [6, 6.07) is 8.87. The molecule has 2 aliphatic heterocycles. The molecule has 4 heteroatoms. The minimum absolute atomic E-state index is 0. The first kappa shape index (κ1) is 16.8. The van der Waals surface area contributed by atoms with Gasteiger partial charge in [-0.2, -0.15) is 0 Å². The van der Waals surface area contributed by atoms with Crippen molar-refractivity contribution >= 4 is 24.8 Å². The maximum Gasteiger partial charge on any atom is 0.0241 e. The van der Waals surface area contributed by atoms with Crippen molar-refractivity contribution in [2.75, 3.05) is 26.2 Å². The molecule has 0 atom stereocenters. The molecule has 0 aromatic heterocycles. The smallest absolute Gasteiger partial charge is 0.0241 e. The maximum absolute atomic E-state index is 2.63. The summed E-state index contributed by atoms with van der Waals surface area (Å²) in [7, 11) is 0. The molecule has 108 valence electrons. The Morgan fingerprint density at radius 2 is 1.26 bits per heavy atom. The number of likely N-dealkylation sites (tertiary alicyclic amines) is 1. The summed E-state index contributed by atoms with van der Waals surface area (Å²) in [5.74, 6) is 0. The average molecular weight is 303 g/mol. The molecule has 0 saturated carbocycles. The number of piperidine rings is 1. The Morgan fingerprint density at radius 3 is 1.84 bits per heavy atom. The lowest BCUT2D eigenvalue weighted by Crippen LogP contribution is -2.36. The fraction of sp³-hybridized carbons (Fsp3) is 0.600. The molecule has 0 radical (unpaired) electrons. The molecule has 3 rings (SSSR count). The summed E-state index contributed by atoms with van der Waals surface area (Å²) in [5, 5.41) is 0. The van der Waals surface area contributed by atoms with Crippen molar-refractivity contribution in [3.05, 3.63) is 35.4 Å². The summed E-state index contributed by atoms with van der Waals surface area (Å²) in [4.78, 5) is 5.21. The van der Waals surface area contributed by atoms with Crippen molar-refractivity contribution in [3.8, 4) is 0 Å². The first-order chi connectivity index (χ1) is 8.42. The summed E-state index contributed by atoms with van der Waals surface area (Å²) < 4.78 is 0. The van der Waals surface area contributed by atoms with Gasteiger partial charge in [0.05, 0.1) is 0 Å². The van der Waals surface area contributed by atoms with Gasteiger partial charge in [-0.15, -0.1) is 24.8 Å². The summed E-state index contributed by atoms with van der Waals surface area (Å²) in [6.45, 7) is 7.44. The van der Waals surface area contributed by atoms with E-state index in [0.29, 0.717) is 0 Å². The monoisotopic (exact) mass is 302 g/mol. The zero-order valence-corrected chi connectivity index (χ0v) is 13.0. The second kappa shape index (κ2) is 8.11. The molecule has 0 N–H and O–H groups in total. The number of halogens is 2. The Balaban J connectivity index is 0.000000902. The van der Waals surface area contributed by atoms with E-state index in [-0.39, 0.29) is 24.8 Å². The van der Waals surface area contributed by atoms with Gasteiger partial charge >= 0.3 is 0 Å². The summed E-state index contributed by atoms with van der Waals surface area (Å²) in [5.41, 5.74) is 3.07. The topological polar surface area (TPSA) is 6.48 Å². The van der Waals surface area contributed by atoms with Crippen LogP contribution >= 0.6 is 24.8 Å². The van der Waals surface area contributed by atoms with E-state index in [1.54, 1.807) is 0 Å². The number of nitrogens with zero attached hydrogens (tertiary/aromatic N) is 2. The number of hydrogen-bond acceptors (Lipinski definition) is 2. The molecule has 0 aliphatic carbocycles. The van der Waals surface area contributed by atoms with Gasteiger partial charge in [-0.25, -0.2) is 0 Å². The van der Waals surface area contributed by atoms with E-state index in [1.807, 2.05) is 0 Å². The lowest BCUT2D eigenvalue weighted by molar-refractivity contribution is 0.182. The van der Waals surface area contributed by atoms with Crippen LogP contribution in [0.25, 0.3) is 0 Å². The van der Waals surface area contributed by atoms with Gasteiger partial charge < -0.3 is 4.90 Å². The van der Waals surface area contributed by atoms with Gasteiger partial charge in [-0.1, -0.05) is 30.7 Å².